The summed E-state index contributed by atoms with van der Waals surface area (Å²) < 4.78 is 2.53. The molecule has 1 saturated carbocycles. The van der Waals surface area contributed by atoms with Crippen molar-refractivity contribution in [2.45, 2.75) is 65.6 Å². The van der Waals surface area contributed by atoms with Gasteiger partial charge in [0.2, 0.25) is 5.91 Å². The number of rotatable bonds is 7. The number of Topliss-reactive ketones (excluding diaryl/α,β-unsaturated/α-hetero) is 2. The summed E-state index contributed by atoms with van der Waals surface area (Å²) in [5.74, 6) is 0.524. The minimum absolute atomic E-state index is 0.0159. The number of pyridine rings is 1. The summed E-state index contributed by atoms with van der Waals surface area (Å²) in [5, 5.41) is 0.778. The highest BCUT2D eigenvalue weighted by Crippen LogP contribution is 2.59. The Labute approximate surface area is 241 Å². The monoisotopic (exact) mass is 599 g/mol. The van der Waals surface area contributed by atoms with Gasteiger partial charge in [0, 0.05) is 46.7 Å². The van der Waals surface area contributed by atoms with Crippen LogP contribution in [0.2, 0.25) is 0 Å². The molecule has 1 amide bonds. The number of carbonyl (C=O) groups excluding carboxylic acids is 3. The lowest BCUT2D eigenvalue weighted by molar-refractivity contribution is -0.139. The lowest BCUT2D eigenvalue weighted by Crippen LogP contribution is -2.45. The van der Waals surface area contributed by atoms with Gasteiger partial charge in [-0.15, -0.1) is 0 Å². The highest BCUT2D eigenvalue weighted by Gasteiger charge is 2.64. The van der Waals surface area contributed by atoms with E-state index in [2.05, 4.69) is 37.8 Å². The third-order valence-electron chi connectivity index (χ3n) is 8.48. The van der Waals surface area contributed by atoms with E-state index in [1.165, 1.54) is 6.92 Å². The van der Waals surface area contributed by atoms with Crippen molar-refractivity contribution in [2.24, 2.45) is 5.41 Å². The van der Waals surface area contributed by atoms with Gasteiger partial charge in [-0.2, -0.15) is 0 Å². The van der Waals surface area contributed by atoms with E-state index in [4.69, 9.17) is 0 Å². The van der Waals surface area contributed by atoms with Crippen molar-refractivity contribution in [2.75, 3.05) is 0 Å². The zero-order valence-electron chi connectivity index (χ0n) is 22.9. The Bertz CT molecular complexity index is 1700. The number of nitrogens with zero attached hydrogens (tertiary/aromatic N) is 5. The number of aryl methyl sites for hydroxylation is 2. The second-order valence-corrected chi connectivity index (χ2v) is 12.2. The van der Waals surface area contributed by atoms with E-state index in [0.29, 0.717) is 22.4 Å². The minimum Gasteiger partial charge on any atom is -0.337 e. The van der Waals surface area contributed by atoms with E-state index < -0.39 is 6.04 Å². The first kappa shape index (κ1) is 26.5. The third-order valence-corrected chi connectivity index (χ3v) is 8.93. The molecule has 1 saturated heterocycles. The van der Waals surface area contributed by atoms with Crippen LogP contribution in [0, 0.1) is 19.3 Å². The first-order valence-corrected chi connectivity index (χ1v) is 14.2. The van der Waals surface area contributed by atoms with Crippen LogP contribution < -0.4 is 0 Å². The van der Waals surface area contributed by atoms with E-state index in [-0.39, 0.29) is 41.9 Å². The summed E-state index contributed by atoms with van der Waals surface area (Å²) >= 11 is 3.40. The molecule has 1 aromatic carbocycles. The molecule has 2 aliphatic rings. The van der Waals surface area contributed by atoms with Crippen molar-refractivity contribution in [1.29, 1.82) is 0 Å². The quantitative estimate of drug-likeness (QED) is 0.212. The summed E-state index contributed by atoms with van der Waals surface area (Å²) in [6.07, 6.45) is 7.05. The number of piperidine rings is 1. The van der Waals surface area contributed by atoms with Crippen molar-refractivity contribution in [1.82, 2.24) is 24.4 Å². The molecule has 1 aliphatic carbocycles. The van der Waals surface area contributed by atoms with Gasteiger partial charge in [-0.25, -0.2) is 15.0 Å². The van der Waals surface area contributed by atoms with E-state index >= 15 is 0 Å². The van der Waals surface area contributed by atoms with Gasteiger partial charge in [-0.1, -0.05) is 19.1 Å². The SMILES string of the molecule is CC(=O)c1cn(CC(=O)N2[C@H](C(=O)Cc3nc(Br)ccc3C)C[C@@]3(C)C[C@@H]23)c2ccc(-c3cnc(C)nc3)cc12. The van der Waals surface area contributed by atoms with Gasteiger partial charge < -0.3 is 9.47 Å². The van der Waals surface area contributed by atoms with Gasteiger partial charge in [0.1, 0.15) is 17.0 Å². The normalized spacial score (nSPS) is 21.5. The van der Waals surface area contributed by atoms with Crippen LogP contribution >= 0.6 is 15.9 Å². The summed E-state index contributed by atoms with van der Waals surface area (Å²) in [5.41, 5.74) is 4.76. The second-order valence-electron chi connectivity index (χ2n) is 11.4. The van der Waals surface area contributed by atoms with Crippen molar-refractivity contribution in [3.05, 3.63) is 76.2 Å². The maximum absolute atomic E-state index is 13.9. The van der Waals surface area contributed by atoms with Crippen molar-refractivity contribution in [3.63, 3.8) is 0 Å². The van der Waals surface area contributed by atoms with Crippen molar-refractivity contribution < 1.29 is 14.4 Å². The molecule has 2 fully saturated rings. The van der Waals surface area contributed by atoms with Gasteiger partial charge in [0.05, 0.1) is 18.2 Å². The smallest absolute Gasteiger partial charge is 0.243 e. The Morgan fingerprint density at radius 1 is 1.05 bits per heavy atom. The Morgan fingerprint density at radius 3 is 2.52 bits per heavy atom. The molecule has 3 atom stereocenters. The van der Waals surface area contributed by atoms with Gasteiger partial charge in [-0.05, 0) is 84.3 Å². The summed E-state index contributed by atoms with van der Waals surface area (Å²) in [4.78, 5) is 54.9. The van der Waals surface area contributed by atoms with Gasteiger partial charge in [-0.3, -0.25) is 14.4 Å². The van der Waals surface area contributed by atoms with Crippen LogP contribution in [0.4, 0.5) is 0 Å². The average molecular weight is 601 g/mol. The maximum atomic E-state index is 13.9. The van der Waals surface area contributed by atoms with Gasteiger partial charge in [0.25, 0.3) is 0 Å². The van der Waals surface area contributed by atoms with E-state index in [0.717, 1.165) is 39.7 Å². The average Bonchev–Trinajstić information content (AvgIpc) is 3.28. The molecule has 0 unspecified atom stereocenters. The Morgan fingerprint density at radius 2 is 1.80 bits per heavy atom. The molecule has 204 valence electrons. The lowest BCUT2D eigenvalue weighted by atomic mass is 9.96. The van der Waals surface area contributed by atoms with E-state index in [9.17, 15) is 14.4 Å². The summed E-state index contributed by atoms with van der Waals surface area (Å²) in [6, 6.07) is 9.23. The molecule has 0 N–H and O–H groups in total. The van der Waals surface area contributed by atoms with Crippen molar-refractivity contribution >= 4 is 44.3 Å². The standard InChI is InChI=1S/C31H30BrN5O3/c1-17-5-8-29(32)35-24(17)10-27(39)26-11-31(4)12-28(31)37(26)30(40)16-36-15-23(18(2)38)22-9-20(6-7-25(22)36)21-13-33-19(3)34-14-21/h5-9,13-15,26,28H,10-12,16H2,1-4H3/t26-,28+,31-/m0/s1. The third kappa shape index (κ3) is 4.66. The molecule has 4 aromatic rings. The summed E-state index contributed by atoms with van der Waals surface area (Å²) in [6.45, 7) is 7.52. The van der Waals surface area contributed by atoms with Gasteiger partial charge in [0.15, 0.2) is 11.6 Å². The molecule has 0 bridgehead atoms. The van der Waals surface area contributed by atoms with Crippen LogP contribution in [-0.2, 0) is 22.6 Å². The number of fused-ring (bicyclic) bond motifs is 2. The van der Waals surface area contributed by atoms with Crippen LogP contribution in [0.25, 0.3) is 22.0 Å². The number of carbonyl (C=O) groups is 3. The second kappa shape index (κ2) is 9.73. The number of ketones is 2. The number of hydrogen-bond acceptors (Lipinski definition) is 6. The number of benzene rings is 1. The highest BCUT2D eigenvalue weighted by atomic mass is 79.9. The van der Waals surface area contributed by atoms with Gasteiger partial charge >= 0.3 is 0 Å². The first-order valence-electron chi connectivity index (χ1n) is 13.4. The minimum atomic E-state index is -0.473. The number of amides is 1. The fraction of sp³-hybridized carbons (Fsp3) is 0.355. The van der Waals surface area contributed by atoms with Crippen LogP contribution in [0.5, 0.6) is 0 Å². The number of likely N-dealkylation sites (tertiary alicyclic amines) is 1. The zero-order valence-corrected chi connectivity index (χ0v) is 24.5. The first-order chi connectivity index (χ1) is 19.0. The van der Waals surface area contributed by atoms with Crippen LogP contribution in [-0.4, -0.2) is 54.0 Å². The topological polar surface area (TPSA) is 98.1 Å². The molecule has 3 aromatic heterocycles. The summed E-state index contributed by atoms with van der Waals surface area (Å²) in [7, 11) is 0. The Kier molecular flexibility index (Phi) is 6.45. The van der Waals surface area contributed by atoms with Crippen molar-refractivity contribution in [3.8, 4) is 11.1 Å². The predicted molar refractivity (Wildman–Crippen MR) is 155 cm³/mol. The molecular formula is C31H30BrN5O3. The number of halogens is 1. The zero-order chi connectivity index (χ0) is 28.3. The van der Waals surface area contributed by atoms with Crippen LogP contribution in [0.15, 0.2) is 53.5 Å². The highest BCUT2D eigenvalue weighted by molar-refractivity contribution is 9.10. The Balaban J connectivity index is 1.29. The molecule has 9 heteroatoms. The predicted octanol–water partition coefficient (Wildman–Crippen LogP) is 5.27. The number of aromatic nitrogens is 4. The molecular weight excluding hydrogens is 570 g/mol. The molecule has 1 aliphatic heterocycles. The maximum Gasteiger partial charge on any atom is 0.243 e. The van der Waals surface area contributed by atoms with E-state index in [1.807, 2.05) is 53.6 Å². The van der Waals surface area contributed by atoms with E-state index in [1.54, 1.807) is 18.6 Å². The molecule has 0 radical (unpaired) electrons. The fourth-order valence-electron chi connectivity index (χ4n) is 6.07. The number of hydrogen-bond donors (Lipinski definition) is 0. The lowest BCUT2D eigenvalue weighted by Gasteiger charge is -2.27. The molecule has 4 heterocycles. The molecule has 0 spiro atoms. The molecule has 40 heavy (non-hydrogen) atoms. The van der Waals surface area contributed by atoms with Crippen LogP contribution in [0.3, 0.4) is 0 Å². The fourth-order valence-corrected chi connectivity index (χ4v) is 6.42. The molecule has 8 nitrogen and oxygen atoms in total. The van der Waals surface area contributed by atoms with Crippen LogP contribution in [0.1, 0.15) is 54.1 Å². The largest absolute Gasteiger partial charge is 0.337 e. The Hall–Kier alpha value is -3.72. The molecule has 6 rings (SSSR count).